The highest BCUT2D eigenvalue weighted by molar-refractivity contribution is 8.00. The maximum atomic E-state index is 11.4. The van der Waals surface area contributed by atoms with Crippen molar-refractivity contribution in [1.29, 1.82) is 0 Å². The van der Waals surface area contributed by atoms with Gasteiger partial charge in [-0.05, 0) is 39.0 Å². The standard InChI is InChI=1S/C12H16O3S/c1-12(2,3)15-11(14)8-16-10-6-4-5-9(13)7-10/h4-7,13H,8H2,1-3H3. The third kappa shape index (κ3) is 5.07. The second-order valence-corrected chi connectivity index (χ2v) is 5.42. The fraction of sp³-hybridized carbons (Fsp3) is 0.417. The Morgan fingerprint density at radius 2 is 2.12 bits per heavy atom. The first-order valence-corrected chi connectivity index (χ1v) is 5.99. The molecule has 0 aromatic heterocycles. The van der Waals surface area contributed by atoms with Crippen LogP contribution >= 0.6 is 11.8 Å². The number of carbonyl (C=O) groups excluding carboxylic acids is 1. The van der Waals surface area contributed by atoms with Crippen molar-refractivity contribution in [1.82, 2.24) is 0 Å². The van der Waals surface area contributed by atoms with E-state index in [4.69, 9.17) is 4.74 Å². The highest BCUT2D eigenvalue weighted by Gasteiger charge is 2.16. The minimum Gasteiger partial charge on any atom is -0.508 e. The molecule has 0 spiro atoms. The van der Waals surface area contributed by atoms with E-state index >= 15 is 0 Å². The lowest BCUT2D eigenvalue weighted by Gasteiger charge is -2.19. The van der Waals surface area contributed by atoms with Crippen LogP contribution < -0.4 is 0 Å². The van der Waals surface area contributed by atoms with Crippen molar-refractivity contribution in [3.63, 3.8) is 0 Å². The van der Waals surface area contributed by atoms with Crippen LogP contribution in [0.1, 0.15) is 20.8 Å². The maximum absolute atomic E-state index is 11.4. The van der Waals surface area contributed by atoms with Gasteiger partial charge >= 0.3 is 5.97 Å². The Morgan fingerprint density at radius 1 is 1.44 bits per heavy atom. The minimum absolute atomic E-state index is 0.203. The van der Waals surface area contributed by atoms with E-state index in [-0.39, 0.29) is 17.5 Å². The molecular weight excluding hydrogens is 224 g/mol. The zero-order valence-corrected chi connectivity index (χ0v) is 10.5. The summed E-state index contributed by atoms with van der Waals surface area (Å²) >= 11 is 1.35. The summed E-state index contributed by atoms with van der Waals surface area (Å²) in [4.78, 5) is 12.3. The van der Waals surface area contributed by atoms with Gasteiger partial charge in [0, 0.05) is 4.90 Å². The molecule has 1 rings (SSSR count). The van der Waals surface area contributed by atoms with Crippen LogP contribution in [0.2, 0.25) is 0 Å². The molecule has 0 bridgehead atoms. The molecular formula is C12H16O3S. The van der Waals surface area contributed by atoms with Gasteiger partial charge in [-0.3, -0.25) is 4.79 Å². The number of ether oxygens (including phenoxy) is 1. The van der Waals surface area contributed by atoms with Gasteiger partial charge in [-0.1, -0.05) is 6.07 Å². The summed E-state index contributed by atoms with van der Waals surface area (Å²) < 4.78 is 5.17. The Kier molecular flexibility index (Phi) is 4.24. The van der Waals surface area contributed by atoms with E-state index in [1.54, 1.807) is 18.2 Å². The first-order chi connectivity index (χ1) is 7.37. The highest BCUT2D eigenvalue weighted by Crippen LogP contribution is 2.22. The molecule has 0 unspecified atom stereocenters. The predicted molar refractivity (Wildman–Crippen MR) is 64.7 cm³/mol. The van der Waals surface area contributed by atoms with Gasteiger partial charge in [0.25, 0.3) is 0 Å². The number of benzene rings is 1. The van der Waals surface area contributed by atoms with Crippen LogP contribution in [-0.4, -0.2) is 22.4 Å². The zero-order valence-electron chi connectivity index (χ0n) is 9.69. The van der Waals surface area contributed by atoms with Gasteiger partial charge in [-0.15, -0.1) is 11.8 Å². The summed E-state index contributed by atoms with van der Waals surface area (Å²) in [6, 6.07) is 6.80. The first-order valence-electron chi connectivity index (χ1n) is 5.00. The summed E-state index contributed by atoms with van der Waals surface area (Å²) in [6.07, 6.45) is 0. The van der Waals surface area contributed by atoms with Crippen molar-refractivity contribution in [3.05, 3.63) is 24.3 Å². The molecule has 1 aromatic carbocycles. The lowest BCUT2D eigenvalue weighted by Crippen LogP contribution is -2.24. The number of thioether (sulfide) groups is 1. The van der Waals surface area contributed by atoms with Gasteiger partial charge in [0.2, 0.25) is 0 Å². The largest absolute Gasteiger partial charge is 0.508 e. The fourth-order valence-electron chi connectivity index (χ4n) is 1.09. The third-order valence-electron chi connectivity index (χ3n) is 1.59. The zero-order chi connectivity index (χ0) is 12.2. The number of hydrogen-bond donors (Lipinski definition) is 1. The molecule has 0 heterocycles. The number of rotatable bonds is 3. The van der Waals surface area contributed by atoms with Crippen molar-refractivity contribution in [2.24, 2.45) is 0 Å². The molecule has 0 aliphatic rings. The van der Waals surface area contributed by atoms with Crippen molar-refractivity contribution < 1.29 is 14.6 Å². The van der Waals surface area contributed by atoms with Crippen LogP contribution in [0.3, 0.4) is 0 Å². The lowest BCUT2D eigenvalue weighted by molar-refractivity contribution is -0.151. The highest BCUT2D eigenvalue weighted by atomic mass is 32.2. The van der Waals surface area contributed by atoms with Crippen LogP contribution in [0, 0.1) is 0 Å². The molecule has 0 saturated heterocycles. The summed E-state index contributed by atoms with van der Waals surface area (Å²) in [6.45, 7) is 5.51. The molecule has 0 amide bonds. The van der Waals surface area contributed by atoms with Crippen molar-refractivity contribution >= 4 is 17.7 Å². The lowest BCUT2D eigenvalue weighted by atomic mass is 10.2. The summed E-state index contributed by atoms with van der Waals surface area (Å²) in [5.74, 6) is 0.204. The van der Waals surface area contributed by atoms with Crippen LogP contribution in [0.15, 0.2) is 29.2 Å². The maximum Gasteiger partial charge on any atom is 0.316 e. The van der Waals surface area contributed by atoms with Crippen molar-refractivity contribution in [2.75, 3.05) is 5.75 Å². The molecule has 16 heavy (non-hydrogen) atoms. The Hall–Kier alpha value is -1.16. The molecule has 88 valence electrons. The average molecular weight is 240 g/mol. The average Bonchev–Trinajstić information content (AvgIpc) is 2.12. The summed E-state index contributed by atoms with van der Waals surface area (Å²) in [5, 5.41) is 9.24. The molecule has 0 radical (unpaired) electrons. The smallest absolute Gasteiger partial charge is 0.316 e. The normalized spacial score (nSPS) is 11.2. The Morgan fingerprint density at radius 3 is 2.69 bits per heavy atom. The van der Waals surface area contributed by atoms with E-state index in [9.17, 15) is 9.90 Å². The second-order valence-electron chi connectivity index (χ2n) is 4.37. The van der Waals surface area contributed by atoms with Crippen LogP contribution in [0.25, 0.3) is 0 Å². The van der Waals surface area contributed by atoms with E-state index in [0.717, 1.165) is 4.90 Å². The molecule has 0 aliphatic heterocycles. The topological polar surface area (TPSA) is 46.5 Å². The second kappa shape index (κ2) is 5.25. The Bertz CT molecular complexity index is 369. The van der Waals surface area contributed by atoms with Gasteiger partial charge < -0.3 is 9.84 Å². The number of carbonyl (C=O) groups is 1. The molecule has 0 fully saturated rings. The van der Waals surface area contributed by atoms with E-state index in [0.29, 0.717) is 0 Å². The fourth-order valence-corrected chi connectivity index (χ4v) is 1.81. The molecule has 1 N–H and O–H groups in total. The van der Waals surface area contributed by atoms with Gasteiger partial charge in [0.1, 0.15) is 11.4 Å². The van der Waals surface area contributed by atoms with E-state index in [1.807, 2.05) is 26.8 Å². The molecule has 0 atom stereocenters. The van der Waals surface area contributed by atoms with Crippen LogP contribution in [0.4, 0.5) is 0 Å². The molecule has 0 saturated carbocycles. The van der Waals surface area contributed by atoms with Gasteiger partial charge in [-0.25, -0.2) is 0 Å². The predicted octanol–water partition coefficient (Wildman–Crippen LogP) is 2.83. The van der Waals surface area contributed by atoms with E-state index < -0.39 is 5.60 Å². The van der Waals surface area contributed by atoms with Gasteiger partial charge in [-0.2, -0.15) is 0 Å². The first kappa shape index (κ1) is 12.9. The van der Waals surface area contributed by atoms with Crippen molar-refractivity contribution in [2.45, 2.75) is 31.3 Å². The molecule has 4 heteroatoms. The number of phenols is 1. The number of esters is 1. The molecule has 3 nitrogen and oxygen atoms in total. The van der Waals surface area contributed by atoms with Gasteiger partial charge in [0.15, 0.2) is 0 Å². The molecule has 1 aromatic rings. The van der Waals surface area contributed by atoms with E-state index in [1.165, 1.54) is 11.8 Å². The summed E-state index contributed by atoms with van der Waals surface area (Å²) in [7, 11) is 0. The quantitative estimate of drug-likeness (QED) is 0.652. The van der Waals surface area contributed by atoms with Gasteiger partial charge in [0.05, 0.1) is 5.75 Å². The summed E-state index contributed by atoms with van der Waals surface area (Å²) in [5.41, 5.74) is -0.448. The van der Waals surface area contributed by atoms with E-state index in [2.05, 4.69) is 0 Å². The number of aromatic hydroxyl groups is 1. The molecule has 0 aliphatic carbocycles. The number of phenolic OH excluding ortho intramolecular Hbond substituents is 1. The SMILES string of the molecule is CC(C)(C)OC(=O)CSc1cccc(O)c1. The minimum atomic E-state index is -0.448. The Balaban J connectivity index is 2.43. The van der Waals surface area contributed by atoms with Crippen LogP contribution in [-0.2, 0) is 9.53 Å². The Labute approximate surface area is 99.8 Å². The van der Waals surface area contributed by atoms with Crippen LogP contribution in [0.5, 0.6) is 5.75 Å². The number of hydrogen-bond acceptors (Lipinski definition) is 4. The third-order valence-corrected chi connectivity index (χ3v) is 2.56. The van der Waals surface area contributed by atoms with Crippen molar-refractivity contribution in [3.8, 4) is 5.75 Å². The monoisotopic (exact) mass is 240 g/mol.